The van der Waals surface area contributed by atoms with E-state index in [0.717, 1.165) is 24.3 Å². The van der Waals surface area contributed by atoms with Gasteiger partial charge in [0.2, 0.25) is 0 Å². The zero-order valence-electron chi connectivity index (χ0n) is 11.5. The molecule has 0 aromatic heterocycles. The zero-order chi connectivity index (χ0) is 17.0. The molecule has 0 heterocycles. The molecule has 0 atom stereocenters. The molecule has 0 saturated heterocycles. The van der Waals surface area contributed by atoms with Crippen LogP contribution in [0.2, 0.25) is 0 Å². The minimum Gasteiger partial charge on any atom is -0.407 e. The molecule has 9 heteroatoms. The summed E-state index contributed by atoms with van der Waals surface area (Å²) in [6.45, 7) is 0. The molecule has 0 aliphatic heterocycles. The van der Waals surface area contributed by atoms with Gasteiger partial charge in [-0.1, -0.05) is 0 Å². The molecule has 0 fully saturated rings. The van der Waals surface area contributed by atoms with Crippen molar-refractivity contribution in [3.05, 3.63) is 48.0 Å². The molecule has 2 aromatic carbocycles. The molecule has 0 aliphatic rings. The molecule has 2 amide bonds. The summed E-state index contributed by atoms with van der Waals surface area (Å²) in [5.74, 6) is -2.68. The zero-order valence-corrected chi connectivity index (χ0v) is 11.5. The lowest BCUT2D eigenvalue weighted by atomic mass is 10.3. The fourth-order valence-corrected chi connectivity index (χ4v) is 1.53. The summed E-state index contributed by atoms with van der Waals surface area (Å²) < 4.78 is 35.9. The third-order valence-corrected chi connectivity index (χ3v) is 2.52. The van der Waals surface area contributed by atoms with Crippen molar-refractivity contribution in [1.29, 1.82) is 0 Å². The van der Waals surface area contributed by atoms with Crippen molar-refractivity contribution in [2.24, 2.45) is 0 Å². The summed E-state index contributed by atoms with van der Waals surface area (Å²) in [7, 11) is 0. The van der Waals surface area contributed by atoms with Crippen LogP contribution in [0, 0.1) is 11.6 Å². The van der Waals surface area contributed by atoms with Gasteiger partial charge in [-0.05, 0) is 24.3 Å². The quantitative estimate of drug-likeness (QED) is 0.731. The number of benzene rings is 2. The highest BCUT2D eigenvalue weighted by molar-refractivity contribution is 5.89. The van der Waals surface area contributed by atoms with E-state index in [1.165, 1.54) is 12.1 Å². The Kier molecular flexibility index (Phi) is 4.60. The standard InChI is InChI=1S/C14H11F2N3O4/c15-9-3-1-7(17)5-11(9)22-13(20)19-14(21)23-12-6-8(18)2-4-10(12)16/h1-6H,17-18H2,(H,19,20,21). The van der Waals surface area contributed by atoms with Crippen LogP contribution >= 0.6 is 0 Å². The normalized spacial score (nSPS) is 10.0. The van der Waals surface area contributed by atoms with E-state index < -0.39 is 35.3 Å². The van der Waals surface area contributed by atoms with E-state index in [0.29, 0.717) is 0 Å². The molecule has 0 bridgehead atoms. The smallest absolute Gasteiger partial charge is 0.407 e. The third-order valence-electron chi connectivity index (χ3n) is 2.52. The second-order valence-electron chi connectivity index (χ2n) is 4.28. The molecule has 0 aliphatic carbocycles. The van der Waals surface area contributed by atoms with Crippen LogP contribution in [0.15, 0.2) is 36.4 Å². The molecular formula is C14H11F2N3O4. The Morgan fingerprint density at radius 3 is 1.61 bits per heavy atom. The summed E-state index contributed by atoms with van der Waals surface area (Å²) >= 11 is 0. The molecule has 23 heavy (non-hydrogen) atoms. The van der Waals surface area contributed by atoms with E-state index in [1.54, 1.807) is 5.32 Å². The van der Waals surface area contributed by atoms with Crippen LogP contribution in [-0.4, -0.2) is 12.2 Å². The monoisotopic (exact) mass is 323 g/mol. The summed E-state index contributed by atoms with van der Waals surface area (Å²) in [5, 5.41) is 1.63. The van der Waals surface area contributed by atoms with Crippen molar-refractivity contribution >= 4 is 23.6 Å². The number of amides is 2. The highest BCUT2D eigenvalue weighted by atomic mass is 19.1. The highest BCUT2D eigenvalue weighted by Crippen LogP contribution is 2.21. The number of carbonyl (C=O) groups excluding carboxylic acids is 2. The summed E-state index contributed by atoms with van der Waals surface area (Å²) in [5.41, 5.74) is 11.1. The average molecular weight is 323 g/mol. The van der Waals surface area contributed by atoms with Gasteiger partial charge in [0, 0.05) is 23.5 Å². The largest absolute Gasteiger partial charge is 0.422 e. The number of hydrogen-bond acceptors (Lipinski definition) is 6. The fraction of sp³-hybridized carbons (Fsp3) is 0. The Morgan fingerprint density at radius 1 is 0.826 bits per heavy atom. The van der Waals surface area contributed by atoms with Crippen LogP contribution in [0.25, 0.3) is 0 Å². The van der Waals surface area contributed by atoms with Gasteiger partial charge in [0.05, 0.1) is 0 Å². The SMILES string of the molecule is Nc1ccc(F)c(OC(=O)NC(=O)Oc2cc(N)ccc2F)c1. The van der Waals surface area contributed by atoms with Gasteiger partial charge in [0.25, 0.3) is 0 Å². The Hall–Kier alpha value is -3.36. The number of nitrogens with one attached hydrogen (secondary N) is 1. The second-order valence-corrected chi connectivity index (χ2v) is 4.28. The van der Waals surface area contributed by atoms with Crippen LogP contribution < -0.4 is 26.3 Å². The van der Waals surface area contributed by atoms with Crippen molar-refractivity contribution in [3.8, 4) is 11.5 Å². The number of nitrogen functional groups attached to an aromatic ring is 2. The summed E-state index contributed by atoms with van der Waals surface area (Å²) in [6.07, 6.45) is -2.66. The average Bonchev–Trinajstić information content (AvgIpc) is 2.46. The first-order valence-electron chi connectivity index (χ1n) is 6.16. The Morgan fingerprint density at radius 2 is 1.22 bits per heavy atom. The molecule has 120 valence electrons. The van der Waals surface area contributed by atoms with Gasteiger partial charge in [-0.3, -0.25) is 0 Å². The molecular weight excluding hydrogens is 312 g/mol. The minimum absolute atomic E-state index is 0.151. The molecule has 7 nitrogen and oxygen atoms in total. The number of imide groups is 1. The topological polar surface area (TPSA) is 117 Å². The fourth-order valence-electron chi connectivity index (χ4n) is 1.53. The maximum Gasteiger partial charge on any atom is 0.422 e. The number of ether oxygens (including phenoxy) is 2. The summed E-state index contributed by atoms with van der Waals surface area (Å²) in [6, 6.07) is 6.60. The van der Waals surface area contributed by atoms with E-state index in [1.807, 2.05) is 0 Å². The number of nitrogens with two attached hydrogens (primary N) is 2. The maximum absolute atomic E-state index is 13.4. The van der Waals surface area contributed by atoms with Crippen molar-refractivity contribution in [3.63, 3.8) is 0 Å². The predicted molar refractivity (Wildman–Crippen MR) is 76.8 cm³/mol. The lowest BCUT2D eigenvalue weighted by molar-refractivity contribution is 0.179. The molecule has 2 aromatic rings. The first-order chi connectivity index (χ1) is 10.8. The van der Waals surface area contributed by atoms with Gasteiger partial charge in [-0.15, -0.1) is 0 Å². The molecule has 5 N–H and O–H groups in total. The number of hydrogen-bond donors (Lipinski definition) is 3. The van der Waals surface area contributed by atoms with Crippen LogP contribution in [-0.2, 0) is 0 Å². The van der Waals surface area contributed by atoms with Gasteiger partial charge < -0.3 is 20.9 Å². The number of rotatable bonds is 2. The van der Waals surface area contributed by atoms with E-state index >= 15 is 0 Å². The van der Waals surface area contributed by atoms with Gasteiger partial charge in [0.15, 0.2) is 23.1 Å². The molecule has 0 unspecified atom stereocenters. The van der Waals surface area contributed by atoms with Crippen LogP contribution in [0.5, 0.6) is 11.5 Å². The molecule has 2 rings (SSSR count). The van der Waals surface area contributed by atoms with Crippen molar-refractivity contribution < 1.29 is 27.8 Å². The Bertz CT molecular complexity index is 704. The van der Waals surface area contributed by atoms with Crippen molar-refractivity contribution in [2.75, 3.05) is 11.5 Å². The Labute approximate surface area is 128 Å². The summed E-state index contributed by atoms with van der Waals surface area (Å²) in [4.78, 5) is 22.9. The highest BCUT2D eigenvalue weighted by Gasteiger charge is 2.16. The number of carbonyl (C=O) groups is 2. The van der Waals surface area contributed by atoms with Gasteiger partial charge in [0.1, 0.15) is 0 Å². The molecule has 0 radical (unpaired) electrons. The van der Waals surface area contributed by atoms with Crippen LogP contribution in [0.3, 0.4) is 0 Å². The first kappa shape index (κ1) is 16.0. The van der Waals surface area contributed by atoms with Crippen LogP contribution in [0.4, 0.5) is 29.7 Å². The van der Waals surface area contributed by atoms with E-state index in [4.69, 9.17) is 11.5 Å². The van der Waals surface area contributed by atoms with Crippen molar-refractivity contribution in [2.45, 2.75) is 0 Å². The van der Waals surface area contributed by atoms with Gasteiger partial charge in [-0.25, -0.2) is 23.7 Å². The van der Waals surface area contributed by atoms with Crippen LogP contribution in [0.1, 0.15) is 0 Å². The van der Waals surface area contributed by atoms with E-state index in [9.17, 15) is 18.4 Å². The maximum atomic E-state index is 13.4. The van der Waals surface area contributed by atoms with Gasteiger partial charge in [-0.2, -0.15) is 0 Å². The predicted octanol–water partition coefficient (Wildman–Crippen LogP) is 2.42. The molecule has 0 saturated carbocycles. The lowest BCUT2D eigenvalue weighted by Crippen LogP contribution is -2.35. The number of halogens is 2. The lowest BCUT2D eigenvalue weighted by Gasteiger charge is -2.08. The van der Waals surface area contributed by atoms with Crippen molar-refractivity contribution in [1.82, 2.24) is 5.32 Å². The number of anilines is 2. The van der Waals surface area contributed by atoms with E-state index in [-0.39, 0.29) is 11.4 Å². The molecule has 0 spiro atoms. The van der Waals surface area contributed by atoms with Gasteiger partial charge >= 0.3 is 12.2 Å². The second kappa shape index (κ2) is 6.60. The van der Waals surface area contributed by atoms with E-state index in [2.05, 4.69) is 9.47 Å². The third kappa shape index (κ3) is 4.30. The first-order valence-corrected chi connectivity index (χ1v) is 6.16. The minimum atomic E-state index is -1.33. The Balaban J connectivity index is 1.98.